The number of methoxy groups -OCH3 is 2. The van der Waals surface area contributed by atoms with E-state index in [4.69, 9.17) is 28.4 Å². The Labute approximate surface area is 347 Å². The van der Waals surface area contributed by atoms with E-state index >= 15 is 0 Å². The van der Waals surface area contributed by atoms with Crippen molar-refractivity contribution in [3.8, 4) is 23.0 Å². The average molecular weight is 853 g/mol. The topological polar surface area (TPSA) is 171 Å². The van der Waals surface area contributed by atoms with Crippen molar-refractivity contribution >= 4 is 62.7 Å². The third-order valence-corrected chi connectivity index (χ3v) is 14.2. The Balaban J connectivity index is 1.19. The van der Waals surface area contributed by atoms with Gasteiger partial charge in [0.15, 0.2) is 34.6 Å². The number of hydrogen-bond donors (Lipinski definition) is 0. The molecule has 2 saturated heterocycles. The van der Waals surface area contributed by atoms with E-state index in [1.54, 1.807) is 12.1 Å². The maximum absolute atomic E-state index is 13.9. The van der Waals surface area contributed by atoms with Crippen LogP contribution in [0.4, 0.5) is 11.4 Å². The van der Waals surface area contributed by atoms with Gasteiger partial charge in [-0.15, -0.1) is 0 Å². The van der Waals surface area contributed by atoms with Gasteiger partial charge in [0.2, 0.25) is 0 Å². The number of hydrogen-bond acceptors (Lipinski definition) is 12. The zero-order chi connectivity index (χ0) is 42.8. The zero-order valence-electron chi connectivity index (χ0n) is 35.3. The van der Waals surface area contributed by atoms with Gasteiger partial charge < -0.3 is 38.2 Å². The highest BCUT2D eigenvalue weighted by Gasteiger charge is 2.47. The number of fused-ring (bicyclic) bond motifs is 4. The zero-order valence-corrected chi connectivity index (χ0v) is 37.3. The summed E-state index contributed by atoms with van der Waals surface area (Å²) in [6, 6.07) is 6.17. The van der Waals surface area contributed by atoms with Gasteiger partial charge in [0.1, 0.15) is 25.5 Å². The Kier molecular flexibility index (Phi) is 13.2. The molecule has 2 atom stereocenters. The minimum absolute atomic E-state index is 0.0590. The number of anilines is 2. The fraction of sp³-hybridized carbons (Fsp3) is 0.561. The van der Waals surface area contributed by atoms with Crippen LogP contribution in [0.1, 0.15) is 40.0 Å². The Hall–Kier alpha value is -4.79. The van der Waals surface area contributed by atoms with Gasteiger partial charge >= 0.3 is 0 Å². The number of amides is 4. The molecule has 0 N–H and O–H groups in total. The van der Waals surface area contributed by atoms with Gasteiger partial charge in [-0.3, -0.25) is 38.6 Å². The molecule has 4 amide bonds. The highest BCUT2D eigenvalue weighted by molar-refractivity contribution is 6.76. The summed E-state index contributed by atoms with van der Waals surface area (Å²) >= 11 is 0. The Morgan fingerprint density at radius 1 is 0.559 bits per heavy atom. The maximum Gasteiger partial charge on any atom is 0.257 e. The van der Waals surface area contributed by atoms with Crippen molar-refractivity contribution in [3.05, 3.63) is 35.4 Å². The Morgan fingerprint density at radius 2 is 0.949 bits per heavy atom. The third-order valence-electron chi connectivity index (χ3n) is 10.8. The predicted molar refractivity (Wildman–Crippen MR) is 223 cm³/mol. The van der Waals surface area contributed by atoms with Crippen LogP contribution in [0.15, 0.2) is 24.3 Å². The van der Waals surface area contributed by atoms with Crippen LogP contribution >= 0.6 is 0 Å². The molecule has 2 fully saturated rings. The van der Waals surface area contributed by atoms with E-state index in [0.29, 0.717) is 42.5 Å². The first-order valence-corrected chi connectivity index (χ1v) is 27.5. The minimum Gasteiger partial charge on any atom is -0.493 e. The molecule has 59 heavy (non-hydrogen) atoms. The molecule has 2 aromatic rings. The van der Waals surface area contributed by atoms with Gasteiger partial charge in [-0.1, -0.05) is 39.3 Å². The van der Waals surface area contributed by atoms with Gasteiger partial charge in [-0.2, -0.15) is 0 Å². The quantitative estimate of drug-likeness (QED) is 0.153. The van der Waals surface area contributed by atoms with Crippen molar-refractivity contribution in [3.63, 3.8) is 0 Å². The number of rotatable bonds is 18. The first-order chi connectivity index (χ1) is 27.9. The molecule has 2 aromatic carbocycles. The van der Waals surface area contributed by atoms with Crippen molar-refractivity contribution in [2.45, 2.75) is 82.7 Å². The van der Waals surface area contributed by atoms with E-state index in [9.17, 15) is 28.8 Å². The number of Topliss-reactive ketones (excluding diaryl/α,β-unsaturated/α-hetero) is 2. The van der Waals surface area contributed by atoms with Gasteiger partial charge in [0.05, 0.1) is 63.0 Å². The molecule has 0 aliphatic carbocycles. The molecule has 0 saturated carbocycles. The van der Waals surface area contributed by atoms with Crippen LogP contribution in [0.25, 0.3) is 0 Å². The second kappa shape index (κ2) is 17.8. The second-order valence-corrected chi connectivity index (χ2v) is 28.9. The van der Waals surface area contributed by atoms with Crippen molar-refractivity contribution in [2.75, 3.05) is 77.0 Å². The van der Waals surface area contributed by atoms with Gasteiger partial charge in [-0.25, -0.2) is 0 Å². The minimum atomic E-state index is -1.42. The molecule has 0 bridgehead atoms. The summed E-state index contributed by atoms with van der Waals surface area (Å²) in [5.41, 5.74) is 1.01. The molecular weight excluding hydrogens is 797 g/mol. The van der Waals surface area contributed by atoms with Gasteiger partial charge in [0.25, 0.3) is 23.6 Å². The van der Waals surface area contributed by atoms with E-state index in [1.165, 1.54) is 46.0 Å². The Morgan fingerprint density at radius 3 is 1.31 bits per heavy atom. The largest absolute Gasteiger partial charge is 0.493 e. The summed E-state index contributed by atoms with van der Waals surface area (Å²) in [4.78, 5) is 85.7. The highest BCUT2D eigenvalue weighted by atomic mass is 28.3. The number of benzene rings is 2. The molecule has 4 aliphatic heterocycles. The van der Waals surface area contributed by atoms with Crippen molar-refractivity contribution in [2.24, 2.45) is 0 Å². The number of carbonyl (C=O) groups excluding carboxylic acids is 6. The van der Waals surface area contributed by atoms with Crippen LogP contribution in [0.3, 0.4) is 0 Å². The maximum atomic E-state index is 13.9. The highest BCUT2D eigenvalue weighted by Crippen LogP contribution is 2.41. The molecule has 0 spiro atoms. The lowest BCUT2D eigenvalue weighted by molar-refractivity contribution is -0.124. The standard InChI is InChI=1S/C41H56N4O12Si2/c1-52-34-18-28-30(44(24-54-12-14-58(3,4)5)40(50)32-16-26(46)22-42(32)38(28)48)20-36(34)56-10-9-11-57-37-21-31-29(19-35(37)53-2)39(49)43-23-27(47)17-33(43)41(51)45(31)25-55-13-15-59(6,7)8/h18-21,32-33H,9-17,22-25H2,1-8H3/t32-,33?/m0/s1. The van der Waals surface area contributed by atoms with Crippen molar-refractivity contribution in [1.29, 1.82) is 0 Å². The summed E-state index contributed by atoms with van der Waals surface area (Å²) in [7, 11) is 0.0523. The Bertz CT molecular complexity index is 1860. The monoisotopic (exact) mass is 852 g/mol. The van der Waals surface area contributed by atoms with Crippen LogP contribution in [0, 0.1) is 0 Å². The normalized spacial score (nSPS) is 19.4. The second-order valence-electron chi connectivity index (χ2n) is 17.7. The van der Waals surface area contributed by atoms with E-state index in [-0.39, 0.29) is 86.8 Å². The number of nitrogens with zero attached hydrogens (tertiary/aromatic N) is 4. The summed E-state index contributed by atoms with van der Waals surface area (Å²) < 4.78 is 35.6. The molecule has 1 unspecified atom stereocenters. The van der Waals surface area contributed by atoms with Crippen LogP contribution in [0.2, 0.25) is 51.4 Å². The van der Waals surface area contributed by atoms with Crippen LogP contribution in [0.5, 0.6) is 23.0 Å². The lowest BCUT2D eigenvalue weighted by atomic mass is 10.1. The molecule has 0 radical (unpaired) electrons. The summed E-state index contributed by atoms with van der Waals surface area (Å²) in [6.45, 7) is 14.1. The summed E-state index contributed by atoms with van der Waals surface area (Å²) in [6.07, 6.45) is 0.242. The SMILES string of the molecule is COc1cc2c(cc1OCCCOc1cc3c(cc1OC)C(=O)N1CC(=O)C[C@H]1C(=O)N3COCC[Si](C)(C)C)N(COCC[Si](C)(C)C)C(=O)C1CC(=O)CN1C2=O. The molecule has 320 valence electrons. The van der Waals surface area contributed by atoms with Crippen molar-refractivity contribution < 1.29 is 57.2 Å². The smallest absolute Gasteiger partial charge is 0.257 e. The first kappa shape index (κ1) is 43.8. The first-order valence-electron chi connectivity index (χ1n) is 20.0. The molecular formula is C41H56N4O12Si2. The van der Waals surface area contributed by atoms with Crippen LogP contribution in [-0.2, 0) is 28.7 Å². The molecule has 16 nitrogen and oxygen atoms in total. The molecule has 6 rings (SSSR count). The molecule has 18 heteroatoms. The van der Waals surface area contributed by atoms with Crippen molar-refractivity contribution in [1.82, 2.24) is 9.80 Å². The predicted octanol–water partition coefficient (Wildman–Crippen LogP) is 4.44. The molecule has 4 aliphatic rings. The lowest BCUT2D eigenvalue weighted by Gasteiger charge is -2.26. The van der Waals surface area contributed by atoms with Crippen LogP contribution < -0.4 is 28.7 Å². The fourth-order valence-electron chi connectivity index (χ4n) is 7.35. The van der Waals surface area contributed by atoms with E-state index in [1.807, 2.05) is 0 Å². The number of ketones is 2. The summed E-state index contributed by atoms with van der Waals surface area (Å²) in [5.74, 6) is -0.941. The van der Waals surface area contributed by atoms with E-state index in [2.05, 4.69) is 39.3 Å². The van der Waals surface area contributed by atoms with E-state index in [0.717, 1.165) is 12.1 Å². The third kappa shape index (κ3) is 9.82. The fourth-order valence-corrected chi connectivity index (χ4v) is 8.86. The molecule has 0 aromatic heterocycles. The number of ether oxygens (including phenoxy) is 6. The summed E-state index contributed by atoms with van der Waals surface area (Å²) in [5, 5.41) is 0. The van der Waals surface area contributed by atoms with E-state index < -0.39 is 51.9 Å². The van der Waals surface area contributed by atoms with Crippen LogP contribution in [-0.4, -0.2) is 140 Å². The molecule has 4 heterocycles. The number of carbonyl (C=O) groups is 6. The van der Waals surface area contributed by atoms with Gasteiger partial charge in [0, 0.05) is 60.8 Å². The van der Waals surface area contributed by atoms with Gasteiger partial charge in [-0.05, 0) is 24.2 Å². The lowest BCUT2D eigenvalue weighted by Crippen LogP contribution is -2.45. The average Bonchev–Trinajstić information content (AvgIpc) is 3.74.